The Hall–Kier alpha value is -1.94. The Bertz CT molecular complexity index is 922. The number of hydrogen-bond acceptors (Lipinski definition) is 2. The normalized spacial score (nSPS) is 17.7. The first kappa shape index (κ1) is 17.5. The molecule has 0 aliphatic carbocycles. The van der Waals surface area contributed by atoms with E-state index in [-0.39, 0.29) is 6.04 Å². The molecule has 1 aliphatic heterocycles. The fourth-order valence-electron chi connectivity index (χ4n) is 3.74. The summed E-state index contributed by atoms with van der Waals surface area (Å²) in [5.74, 6) is 0.333. The molecule has 0 unspecified atom stereocenters. The zero-order valence-electron chi connectivity index (χ0n) is 14.3. The Balaban J connectivity index is 1.78. The van der Waals surface area contributed by atoms with Crippen molar-refractivity contribution in [2.75, 3.05) is 6.54 Å². The number of halogens is 2. The van der Waals surface area contributed by atoms with Crippen LogP contribution in [0.4, 0.5) is 0 Å². The largest absolute Gasteiger partial charge is 0.508 e. The average Bonchev–Trinajstić information content (AvgIpc) is 3.01. The molecule has 134 valence electrons. The third-order valence-corrected chi connectivity index (χ3v) is 5.72. The summed E-state index contributed by atoms with van der Waals surface area (Å²) in [7, 11) is 0. The summed E-state index contributed by atoms with van der Waals surface area (Å²) >= 11 is 12.4. The molecule has 1 aliphatic rings. The first-order valence-electron chi connectivity index (χ1n) is 8.74. The maximum absolute atomic E-state index is 10.2. The smallest absolute Gasteiger partial charge is 0.120 e. The Morgan fingerprint density at radius 3 is 2.62 bits per heavy atom. The van der Waals surface area contributed by atoms with Gasteiger partial charge in [0.1, 0.15) is 5.75 Å². The van der Waals surface area contributed by atoms with E-state index in [1.54, 1.807) is 6.07 Å². The second kappa shape index (κ2) is 7.36. The van der Waals surface area contributed by atoms with Crippen LogP contribution < -0.4 is 0 Å². The van der Waals surface area contributed by atoms with Crippen LogP contribution in [-0.4, -0.2) is 21.1 Å². The minimum Gasteiger partial charge on any atom is -0.508 e. The van der Waals surface area contributed by atoms with Gasteiger partial charge >= 0.3 is 0 Å². The second-order valence-electron chi connectivity index (χ2n) is 6.66. The van der Waals surface area contributed by atoms with Crippen molar-refractivity contribution in [3.8, 4) is 5.75 Å². The van der Waals surface area contributed by atoms with Crippen molar-refractivity contribution in [1.82, 2.24) is 9.47 Å². The Morgan fingerprint density at radius 1 is 0.962 bits per heavy atom. The van der Waals surface area contributed by atoms with Crippen LogP contribution in [0.3, 0.4) is 0 Å². The molecule has 0 bridgehead atoms. The molecule has 0 saturated carbocycles. The van der Waals surface area contributed by atoms with Gasteiger partial charge in [-0.15, -0.1) is 0 Å². The molecule has 0 fully saturated rings. The van der Waals surface area contributed by atoms with Gasteiger partial charge in [0.2, 0.25) is 0 Å². The van der Waals surface area contributed by atoms with Gasteiger partial charge in [-0.3, -0.25) is 4.90 Å². The van der Waals surface area contributed by atoms with E-state index in [0.717, 1.165) is 30.6 Å². The minimum atomic E-state index is 0.0573. The lowest BCUT2D eigenvalue weighted by molar-refractivity contribution is 0.218. The number of aromatic nitrogens is 1. The summed E-state index contributed by atoms with van der Waals surface area (Å²) in [6, 6.07) is 17.7. The molecule has 3 aromatic rings. The van der Waals surface area contributed by atoms with Gasteiger partial charge in [-0.2, -0.15) is 0 Å². The van der Waals surface area contributed by atoms with Crippen LogP contribution in [0.5, 0.6) is 5.75 Å². The number of aryl methyl sites for hydroxylation is 1. The van der Waals surface area contributed by atoms with Gasteiger partial charge in [0, 0.05) is 37.1 Å². The summed E-state index contributed by atoms with van der Waals surface area (Å²) in [6.45, 7) is 2.58. The summed E-state index contributed by atoms with van der Waals surface area (Å²) in [5.41, 5.74) is 3.27. The molecule has 0 amide bonds. The molecule has 1 aromatic heterocycles. The van der Waals surface area contributed by atoms with E-state index in [1.165, 1.54) is 5.69 Å². The number of rotatable bonds is 3. The van der Waals surface area contributed by atoms with E-state index in [0.29, 0.717) is 22.3 Å². The number of benzene rings is 2. The van der Waals surface area contributed by atoms with Crippen LogP contribution in [0.1, 0.15) is 29.3 Å². The molecule has 5 heteroatoms. The van der Waals surface area contributed by atoms with Gasteiger partial charge in [-0.05, 0) is 42.3 Å². The number of aromatic hydroxyl groups is 1. The van der Waals surface area contributed by atoms with Gasteiger partial charge in [-0.1, -0.05) is 47.5 Å². The predicted octanol–water partition coefficient (Wildman–Crippen LogP) is 5.50. The fourth-order valence-corrected chi connectivity index (χ4v) is 4.04. The van der Waals surface area contributed by atoms with Crippen LogP contribution in [0.15, 0.2) is 60.8 Å². The molecule has 0 saturated heterocycles. The molecule has 2 heterocycles. The summed E-state index contributed by atoms with van der Waals surface area (Å²) < 4.78 is 2.30. The maximum atomic E-state index is 10.2. The van der Waals surface area contributed by atoms with Crippen molar-refractivity contribution in [2.24, 2.45) is 0 Å². The van der Waals surface area contributed by atoms with E-state index < -0.39 is 0 Å². The highest BCUT2D eigenvalue weighted by Gasteiger charge is 2.28. The number of nitrogens with zero attached hydrogens (tertiary/aromatic N) is 2. The summed E-state index contributed by atoms with van der Waals surface area (Å²) in [4.78, 5) is 2.40. The van der Waals surface area contributed by atoms with Crippen LogP contribution in [0.25, 0.3) is 0 Å². The van der Waals surface area contributed by atoms with Crippen molar-refractivity contribution in [2.45, 2.75) is 25.6 Å². The van der Waals surface area contributed by atoms with E-state index in [2.05, 4.69) is 27.8 Å². The van der Waals surface area contributed by atoms with E-state index in [9.17, 15) is 5.11 Å². The van der Waals surface area contributed by atoms with E-state index in [4.69, 9.17) is 23.2 Å². The zero-order chi connectivity index (χ0) is 18.1. The van der Waals surface area contributed by atoms with Crippen LogP contribution >= 0.6 is 23.2 Å². The number of phenols is 1. The lowest BCUT2D eigenvalue weighted by Gasteiger charge is -2.31. The molecule has 3 nitrogen and oxygen atoms in total. The SMILES string of the molecule is Oc1ccccc1CN1CCCn2cccc2[C@H]1c1ccc(Cl)c(Cl)c1. The molecule has 1 atom stereocenters. The van der Waals surface area contributed by atoms with Crippen molar-refractivity contribution in [1.29, 1.82) is 0 Å². The highest BCUT2D eigenvalue weighted by molar-refractivity contribution is 6.42. The van der Waals surface area contributed by atoms with Crippen LogP contribution in [0.2, 0.25) is 10.0 Å². The van der Waals surface area contributed by atoms with Crippen LogP contribution in [-0.2, 0) is 13.1 Å². The first-order valence-corrected chi connectivity index (χ1v) is 9.50. The molecule has 26 heavy (non-hydrogen) atoms. The summed E-state index contributed by atoms with van der Waals surface area (Å²) in [6.07, 6.45) is 3.18. The average molecular weight is 387 g/mol. The van der Waals surface area contributed by atoms with Gasteiger partial charge in [0.05, 0.1) is 16.1 Å². The highest BCUT2D eigenvalue weighted by Crippen LogP contribution is 2.36. The zero-order valence-corrected chi connectivity index (χ0v) is 15.8. The first-order chi connectivity index (χ1) is 12.6. The second-order valence-corrected chi connectivity index (χ2v) is 7.47. The van der Waals surface area contributed by atoms with E-state index >= 15 is 0 Å². The Morgan fingerprint density at radius 2 is 1.81 bits per heavy atom. The minimum absolute atomic E-state index is 0.0573. The molecule has 4 rings (SSSR count). The molecular weight excluding hydrogens is 367 g/mol. The van der Waals surface area contributed by atoms with Crippen molar-refractivity contribution >= 4 is 23.2 Å². The van der Waals surface area contributed by atoms with Gasteiger partial charge in [0.25, 0.3) is 0 Å². The lowest BCUT2D eigenvalue weighted by atomic mass is 10.0. The van der Waals surface area contributed by atoms with Crippen LogP contribution in [0, 0.1) is 0 Å². The van der Waals surface area contributed by atoms with Gasteiger partial charge in [0.15, 0.2) is 0 Å². The third kappa shape index (κ3) is 3.35. The monoisotopic (exact) mass is 386 g/mol. The molecule has 2 aromatic carbocycles. The topological polar surface area (TPSA) is 28.4 Å². The fraction of sp³-hybridized carbons (Fsp3) is 0.238. The van der Waals surface area contributed by atoms with Crippen molar-refractivity contribution < 1.29 is 5.11 Å². The third-order valence-electron chi connectivity index (χ3n) is 4.98. The highest BCUT2D eigenvalue weighted by atomic mass is 35.5. The van der Waals surface area contributed by atoms with Gasteiger partial charge in [-0.25, -0.2) is 0 Å². The van der Waals surface area contributed by atoms with E-state index in [1.807, 2.05) is 36.4 Å². The van der Waals surface area contributed by atoms with Gasteiger partial charge < -0.3 is 9.67 Å². The maximum Gasteiger partial charge on any atom is 0.120 e. The predicted molar refractivity (Wildman–Crippen MR) is 106 cm³/mol. The quantitative estimate of drug-likeness (QED) is 0.643. The Labute approximate surface area is 163 Å². The standard InChI is InChI=1S/C21H20Cl2N2O/c22-17-9-8-15(13-18(17)23)21-19-6-3-10-24(19)11-4-12-25(21)14-16-5-1-2-7-20(16)26/h1-3,5-10,13,21,26H,4,11-12,14H2/t21-/m1/s1. The molecule has 0 spiro atoms. The van der Waals surface area contributed by atoms with Crippen molar-refractivity contribution in [3.63, 3.8) is 0 Å². The number of phenolic OH excluding ortho intramolecular Hbond substituents is 1. The summed E-state index contributed by atoms with van der Waals surface area (Å²) in [5, 5.41) is 11.4. The van der Waals surface area contributed by atoms with Crippen molar-refractivity contribution in [3.05, 3.63) is 87.7 Å². The number of fused-ring (bicyclic) bond motifs is 1. The Kier molecular flexibility index (Phi) is 4.94. The number of para-hydroxylation sites is 1. The molecular formula is C21H20Cl2N2O. The number of hydrogen-bond donors (Lipinski definition) is 1. The molecule has 1 N–H and O–H groups in total. The molecule has 0 radical (unpaired) electrons. The lowest BCUT2D eigenvalue weighted by Crippen LogP contribution is -2.29.